The predicted molar refractivity (Wildman–Crippen MR) is 104 cm³/mol. The number of nitrogens with zero attached hydrogens (tertiary/aromatic N) is 1. The highest BCUT2D eigenvalue weighted by Gasteiger charge is 2.36. The minimum atomic E-state index is -4.83. The third kappa shape index (κ3) is 4.84. The number of ether oxygens (including phenoxy) is 4. The molecular formula is C21H20F3NO6. The van der Waals surface area contributed by atoms with Crippen LogP contribution >= 0.6 is 0 Å². The third-order valence-corrected chi connectivity index (χ3v) is 4.83. The van der Waals surface area contributed by atoms with Gasteiger partial charge in [-0.25, -0.2) is 0 Å². The van der Waals surface area contributed by atoms with E-state index in [2.05, 4.69) is 4.74 Å². The first-order valence-corrected chi connectivity index (χ1v) is 9.18. The zero-order chi connectivity index (χ0) is 22.8. The van der Waals surface area contributed by atoms with Crippen LogP contribution < -0.4 is 23.8 Å². The summed E-state index contributed by atoms with van der Waals surface area (Å²) in [6, 6.07) is 7.94. The normalized spacial score (nSPS) is 15.1. The SMILES string of the molecule is COc1cc(C2CC(=O)N(c3ccc(OC(F)(F)F)cc3)C(=O)C2)cc(OC)c1OC. The second kappa shape index (κ2) is 8.75. The fraction of sp³-hybridized carbons (Fsp3) is 0.333. The number of hydrogen-bond acceptors (Lipinski definition) is 6. The number of amides is 2. The lowest BCUT2D eigenvalue weighted by Crippen LogP contribution is -2.42. The van der Waals surface area contributed by atoms with Gasteiger partial charge in [0.1, 0.15) is 5.75 Å². The first kappa shape index (κ1) is 22.3. The Hall–Kier alpha value is -3.43. The van der Waals surface area contributed by atoms with E-state index in [9.17, 15) is 22.8 Å². The van der Waals surface area contributed by atoms with Gasteiger partial charge in [-0.05, 0) is 42.0 Å². The lowest BCUT2D eigenvalue weighted by atomic mass is 9.88. The lowest BCUT2D eigenvalue weighted by molar-refractivity contribution is -0.274. The Morgan fingerprint density at radius 2 is 1.39 bits per heavy atom. The molecule has 0 spiro atoms. The fourth-order valence-electron chi connectivity index (χ4n) is 3.47. The second-order valence-corrected chi connectivity index (χ2v) is 6.73. The molecule has 166 valence electrons. The minimum Gasteiger partial charge on any atom is -0.493 e. The lowest BCUT2D eigenvalue weighted by Gasteiger charge is -2.30. The Morgan fingerprint density at radius 1 is 0.871 bits per heavy atom. The van der Waals surface area contributed by atoms with E-state index in [0.717, 1.165) is 17.0 Å². The van der Waals surface area contributed by atoms with Gasteiger partial charge in [0, 0.05) is 18.8 Å². The molecule has 3 rings (SSSR count). The van der Waals surface area contributed by atoms with Gasteiger partial charge in [-0.1, -0.05) is 0 Å². The average molecular weight is 439 g/mol. The largest absolute Gasteiger partial charge is 0.573 e. The Labute approximate surface area is 176 Å². The molecule has 0 bridgehead atoms. The maximum absolute atomic E-state index is 12.7. The number of carbonyl (C=O) groups is 2. The van der Waals surface area contributed by atoms with Crippen LogP contribution in [0.4, 0.5) is 18.9 Å². The highest BCUT2D eigenvalue weighted by atomic mass is 19.4. The number of halogens is 3. The number of piperidine rings is 1. The van der Waals surface area contributed by atoms with Crippen molar-refractivity contribution in [3.8, 4) is 23.0 Å². The van der Waals surface area contributed by atoms with Crippen LogP contribution in [0.5, 0.6) is 23.0 Å². The molecule has 0 aliphatic carbocycles. The molecule has 1 aliphatic rings. The van der Waals surface area contributed by atoms with Crippen LogP contribution in [0.3, 0.4) is 0 Å². The van der Waals surface area contributed by atoms with Crippen LogP contribution in [0.15, 0.2) is 36.4 Å². The summed E-state index contributed by atoms with van der Waals surface area (Å²) < 4.78 is 56.7. The summed E-state index contributed by atoms with van der Waals surface area (Å²) in [6.45, 7) is 0. The van der Waals surface area contributed by atoms with E-state index >= 15 is 0 Å². The molecule has 7 nitrogen and oxygen atoms in total. The van der Waals surface area contributed by atoms with Crippen molar-refractivity contribution in [1.82, 2.24) is 0 Å². The molecule has 1 saturated heterocycles. The monoisotopic (exact) mass is 439 g/mol. The topological polar surface area (TPSA) is 74.3 Å². The molecule has 2 aromatic carbocycles. The predicted octanol–water partition coefficient (Wildman–Crippen LogP) is 4.05. The van der Waals surface area contributed by atoms with Gasteiger partial charge < -0.3 is 18.9 Å². The number of methoxy groups -OCH3 is 3. The Balaban J connectivity index is 1.82. The molecule has 1 heterocycles. The van der Waals surface area contributed by atoms with E-state index in [1.165, 1.54) is 33.5 Å². The molecule has 2 amide bonds. The summed E-state index contributed by atoms with van der Waals surface area (Å²) in [4.78, 5) is 26.4. The summed E-state index contributed by atoms with van der Waals surface area (Å²) in [6.07, 6.45) is -4.79. The van der Waals surface area contributed by atoms with Crippen molar-refractivity contribution in [2.75, 3.05) is 26.2 Å². The molecule has 2 aromatic rings. The Morgan fingerprint density at radius 3 is 1.81 bits per heavy atom. The van der Waals surface area contributed by atoms with Crippen molar-refractivity contribution < 1.29 is 41.7 Å². The van der Waals surface area contributed by atoms with Gasteiger partial charge in [0.05, 0.1) is 27.0 Å². The number of carbonyl (C=O) groups excluding carboxylic acids is 2. The molecule has 1 fully saturated rings. The second-order valence-electron chi connectivity index (χ2n) is 6.73. The van der Waals surface area contributed by atoms with Gasteiger partial charge in [0.2, 0.25) is 17.6 Å². The number of imide groups is 1. The Bertz CT molecular complexity index is 931. The number of alkyl halides is 3. The summed E-state index contributed by atoms with van der Waals surface area (Å²) in [5.74, 6) is -0.607. The van der Waals surface area contributed by atoms with Gasteiger partial charge in [0.25, 0.3) is 0 Å². The molecule has 0 atom stereocenters. The van der Waals surface area contributed by atoms with Gasteiger partial charge in [0.15, 0.2) is 11.5 Å². The smallest absolute Gasteiger partial charge is 0.493 e. The number of hydrogen-bond donors (Lipinski definition) is 0. The maximum Gasteiger partial charge on any atom is 0.573 e. The zero-order valence-corrected chi connectivity index (χ0v) is 17.0. The molecule has 0 N–H and O–H groups in total. The highest BCUT2D eigenvalue weighted by molar-refractivity contribution is 6.17. The summed E-state index contributed by atoms with van der Waals surface area (Å²) in [5, 5.41) is 0. The van der Waals surface area contributed by atoms with Crippen LogP contribution in [0, 0.1) is 0 Å². The van der Waals surface area contributed by atoms with Crippen molar-refractivity contribution in [1.29, 1.82) is 0 Å². The van der Waals surface area contributed by atoms with Gasteiger partial charge in [-0.2, -0.15) is 0 Å². The van der Waals surface area contributed by atoms with Crippen molar-refractivity contribution in [3.63, 3.8) is 0 Å². The quantitative estimate of drug-likeness (QED) is 0.633. The molecular weight excluding hydrogens is 419 g/mol. The summed E-state index contributed by atoms with van der Waals surface area (Å²) in [5.41, 5.74) is 0.845. The van der Waals surface area contributed by atoms with Crippen molar-refractivity contribution in [2.45, 2.75) is 25.1 Å². The van der Waals surface area contributed by atoms with E-state index < -0.39 is 29.8 Å². The number of anilines is 1. The van der Waals surface area contributed by atoms with Crippen LogP contribution in [0.25, 0.3) is 0 Å². The summed E-state index contributed by atoms with van der Waals surface area (Å²) >= 11 is 0. The molecule has 31 heavy (non-hydrogen) atoms. The van der Waals surface area contributed by atoms with Crippen molar-refractivity contribution in [2.24, 2.45) is 0 Å². The third-order valence-electron chi connectivity index (χ3n) is 4.83. The van der Waals surface area contributed by atoms with Crippen molar-refractivity contribution in [3.05, 3.63) is 42.0 Å². The van der Waals surface area contributed by atoms with Crippen LogP contribution in [-0.2, 0) is 9.59 Å². The molecule has 0 radical (unpaired) electrons. The number of benzene rings is 2. The van der Waals surface area contributed by atoms with Crippen LogP contribution in [-0.4, -0.2) is 39.5 Å². The minimum absolute atomic E-state index is 0.0190. The standard InChI is InChI=1S/C21H20F3NO6/c1-28-16-8-12(9-17(29-2)20(16)30-3)13-10-18(26)25(19(27)11-13)14-4-6-15(7-5-14)31-21(22,23)24/h4-9,13H,10-11H2,1-3H3. The van der Waals surface area contributed by atoms with Crippen LogP contribution in [0.1, 0.15) is 24.3 Å². The molecule has 0 saturated carbocycles. The molecule has 0 unspecified atom stereocenters. The van der Waals surface area contributed by atoms with Gasteiger partial charge >= 0.3 is 6.36 Å². The van der Waals surface area contributed by atoms with E-state index in [4.69, 9.17) is 14.2 Å². The van der Waals surface area contributed by atoms with E-state index in [1.807, 2.05) is 0 Å². The van der Waals surface area contributed by atoms with E-state index in [1.54, 1.807) is 12.1 Å². The molecule has 0 aromatic heterocycles. The highest BCUT2D eigenvalue weighted by Crippen LogP contribution is 2.42. The summed E-state index contributed by atoms with van der Waals surface area (Å²) in [7, 11) is 4.40. The van der Waals surface area contributed by atoms with Gasteiger partial charge in [-0.15, -0.1) is 13.2 Å². The van der Waals surface area contributed by atoms with Crippen molar-refractivity contribution >= 4 is 17.5 Å². The average Bonchev–Trinajstić information content (AvgIpc) is 2.72. The first-order valence-electron chi connectivity index (χ1n) is 9.18. The number of rotatable bonds is 6. The van der Waals surface area contributed by atoms with E-state index in [0.29, 0.717) is 22.8 Å². The fourth-order valence-corrected chi connectivity index (χ4v) is 3.47. The van der Waals surface area contributed by atoms with Crippen LogP contribution in [0.2, 0.25) is 0 Å². The molecule has 1 aliphatic heterocycles. The Kier molecular flexibility index (Phi) is 6.28. The van der Waals surface area contributed by atoms with E-state index in [-0.39, 0.29) is 18.5 Å². The zero-order valence-electron chi connectivity index (χ0n) is 17.0. The first-order chi connectivity index (χ1) is 14.7. The molecule has 10 heteroatoms. The maximum atomic E-state index is 12.7. The van der Waals surface area contributed by atoms with Gasteiger partial charge in [-0.3, -0.25) is 14.5 Å².